The normalized spacial score (nSPS) is 11.8. The highest BCUT2D eigenvalue weighted by Gasteiger charge is 2.25. The van der Waals surface area contributed by atoms with Crippen molar-refractivity contribution in [2.75, 3.05) is 0 Å². The van der Waals surface area contributed by atoms with E-state index in [0.29, 0.717) is 17.5 Å². The third-order valence-electron chi connectivity index (χ3n) is 14.8. The Balaban J connectivity index is 0.921. The maximum Gasteiger partial charge on any atom is 0.164 e. The van der Waals surface area contributed by atoms with Gasteiger partial charge in [-0.25, -0.2) is 15.0 Å². The minimum absolute atomic E-state index is 0.589. The van der Waals surface area contributed by atoms with Crippen LogP contribution in [0.15, 0.2) is 259 Å². The molecule has 1 aliphatic rings. The summed E-state index contributed by atoms with van der Waals surface area (Å²) >= 11 is 0. The van der Waals surface area contributed by atoms with Crippen molar-refractivity contribution in [3.8, 4) is 107 Å². The van der Waals surface area contributed by atoms with E-state index in [4.69, 9.17) is 19.4 Å². The van der Waals surface area contributed by atoms with Crippen molar-refractivity contribution < 1.29 is 4.42 Å². The molecule has 0 amide bonds. The molecule has 3 heterocycles. The molecule has 0 atom stereocenters. The Morgan fingerprint density at radius 1 is 0.270 bits per heavy atom. The summed E-state index contributed by atoms with van der Waals surface area (Å²) in [5, 5.41) is 4.31. The number of hydrogen-bond donors (Lipinski definition) is 0. The van der Waals surface area contributed by atoms with Crippen molar-refractivity contribution in [3.63, 3.8) is 0 Å². The van der Waals surface area contributed by atoms with E-state index in [1.165, 1.54) is 60.8 Å². The predicted molar refractivity (Wildman–Crippen MR) is 304 cm³/mol. The summed E-state index contributed by atoms with van der Waals surface area (Å²) in [7, 11) is 0. The summed E-state index contributed by atoms with van der Waals surface area (Å²) in [6.07, 6.45) is 0. The van der Waals surface area contributed by atoms with Crippen LogP contribution in [0.5, 0.6) is 0 Å². The van der Waals surface area contributed by atoms with Gasteiger partial charge >= 0.3 is 0 Å². The van der Waals surface area contributed by atoms with Crippen LogP contribution in [0.25, 0.3) is 150 Å². The van der Waals surface area contributed by atoms with E-state index in [2.05, 4.69) is 187 Å². The Labute approximate surface area is 427 Å². The molecule has 0 bridgehead atoms. The van der Waals surface area contributed by atoms with Crippen LogP contribution in [0.2, 0.25) is 0 Å². The summed E-state index contributed by atoms with van der Waals surface area (Å²) < 4.78 is 9.01. The monoisotopic (exact) mass is 942 g/mol. The van der Waals surface area contributed by atoms with Gasteiger partial charge < -0.3 is 8.98 Å². The summed E-state index contributed by atoms with van der Waals surface area (Å²) in [6.45, 7) is 0. The van der Waals surface area contributed by atoms with E-state index in [1.807, 2.05) is 72.8 Å². The van der Waals surface area contributed by atoms with Crippen LogP contribution in [-0.2, 0) is 0 Å². The Morgan fingerprint density at radius 3 is 1.32 bits per heavy atom. The molecular weight excluding hydrogens is 901 g/mol. The highest BCUT2D eigenvalue weighted by atomic mass is 16.3. The first-order valence-electron chi connectivity index (χ1n) is 25.1. The van der Waals surface area contributed by atoms with Gasteiger partial charge in [-0.1, -0.05) is 200 Å². The fourth-order valence-electron chi connectivity index (χ4n) is 11.5. The second-order valence-electron chi connectivity index (χ2n) is 19.0. The van der Waals surface area contributed by atoms with Crippen LogP contribution >= 0.6 is 0 Å². The van der Waals surface area contributed by atoms with Crippen molar-refractivity contribution in [1.82, 2.24) is 19.5 Å². The zero-order chi connectivity index (χ0) is 48.7. The molecule has 0 saturated heterocycles. The lowest BCUT2D eigenvalue weighted by molar-refractivity contribution is 0.669. The van der Waals surface area contributed by atoms with Crippen LogP contribution in [0, 0.1) is 0 Å². The van der Waals surface area contributed by atoms with Gasteiger partial charge in [0, 0.05) is 43.9 Å². The van der Waals surface area contributed by atoms with Gasteiger partial charge in [0.1, 0.15) is 11.2 Å². The highest BCUT2D eigenvalue weighted by molar-refractivity contribution is 6.15. The zero-order valence-electron chi connectivity index (χ0n) is 39.9. The molecule has 0 spiro atoms. The molecule has 0 N–H and O–H groups in total. The topological polar surface area (TPSA) is 56.7 Å². The first-order valence-corrected chi connectivity index (χ1v) is 25.1. The van der Waals surface area contributed by atoms with Crippen molar-refractivity contribution in [3.05, 3.63) is 255 Å². The van der Waals surface area contributed by atoms with Crippen molar-refractivity contribution in [1.29, 1.82) is 0 Å². The van der Waals surface area contributed by atoms with Crippen LogP contribution in [0.3, 0.4) is 0 Å². The molecule has 3 aromatic heterocycles. The maximum absolute atomic E-state index is 6.61. The Bertz CT molecular complexity index is 4470. The molecule has 1 aliphatic carbocycles. The van der Waals surface area contributed by atoms with Gasteiger partial charge in [0.2, 0.25) is 0 Å². The number of aromatic nitrogens is 4. The van der Waals surface area contributed by atoms with E-state index >= 15 is 0 Å². The quantitative estimate of drug-likeness (QED) is 0.167. The van der Waals surface area contributed by atoms with Crippen LogP contribution in [0.1, 0.15) is 0 Å². The Morgan fingerprint density at radius 2 is 0.703 bits per heavy atom. The SMILES string of the molecule is c1ccc(-c2nc(-c3ccccc3)nc(-c3cccc4oc5ccc(-c6ccc7c(c6)c6cc(-c8cccc9c8-c8ccccc8-c8ccccc8-c8ccccc8-9)ccc6n7-c6ccccc6)cc5c34)n2)cc1. The van der Waals surface area contributed by atoms with E-state index in [9.17, 15) is 0 Å². The average molecular weight is 943 g/mol. The summed E-state index contributed by atoms with van der Waals surface area (Å²) in [4.78, 5) is 15.2. The Kier molecular flexibility index (Phi) is 9.50. The van der Waals surface area contributed by atoms with E-state index in [1.54, 1.807) is 0 Å². The summed E-state index contributed by atoms with van der Waals surface area (Å²) in [5.74, 6) is 1.82. The molecule has 0 aliphatic heterocycles. The fourth-order valence-corrected chi connectivity index (χ4v) is 11.5. The van der Waals surface area contributed by atoms with Crippen molar-refractivity contribution >= 4 is 43.7 Å². The molecule has 344 valence electrons. The number of benzene rings is 11. The second-order valence-corrected chi connectivity index (χ2v) is 19.0. The molecule has 0 saturated carbocycles. The fraction of sp³-hybridized carbons (Fsp3) is 0. The van der Waals surface area contributed by atoms with Crippen LogP contribution in [0.4, 0.5) is 0 Å². The van der Waals surface area contributed by atoms with Crippen molar-refractivity contribution in [2.45, 2.75) is 0 Å². The summed E-state index contributed by atoms with van der Waals surface area (Å²) in [6, 6.07) is 91.0. The van der Waals surface area contributed by atoms with Crippen molar-refractivity contribution in [2.24, 2.45) is 0 Å². The molecular formula is C69H42N4O. The first-order chi connectivity index (χ1) is 36.7. The molecule has 14 aromatic rings. The van der Waals surface area contributed by atoms with Gasteiger partial charge in [-0.05, 0) is 121 Å². The van der Waals surface area contributed by atoms with Gasteiger partial charge in [0.05, 0.1) is 11.0 Å². The number of nitrogens with zero attached hydrogens (tertiary/aromatic N) is 4. The third kappa shape index (κ3) is 6.68. The second kappa shape index (κ2) is 16.8. The molecule has 0 fully saturated rings. The zero-order valence-corrected chi connectivity index (χ0v) is 39.9. The van der Waals surface area contributed by atoms with E-state index in [-0.39, 0.29) is 0 Å². The average Bonchev–Trinajstić information content (AvgIpc) is 4.02. The maximum atomic E-state index is 6.61. The molecule has 74 heavy (non-hydrogen) atoms. The molecule has 0 radical (unpaired) electrons. The highest BCUT2D eigenvalue weighted by Crippen LogP contribution is 2.51. The predicted octanol–water partition coefficient (Wildman–Crippen LogP) is 18.2. The standard InChI is InChI=1S/C69H42N4O/c1-4-18-43(19-5-1)67-70-68(44-20-6-2-7-21-44)72-69(71-67)57-32-17-33-64-66(57)60-41-46(36-39-63(60)74-64)45-34-37-61-58(40-45)59-42-47(35-38-62(59)73(61)48-22-8-3-9-23-48)49-30-16-31-56-54-27-13-12-26-52(54)50-24-10-11-25-51(50)53-28-14-15-29-55(53)65(49)56/h1-42H. The number of hydrogen-bond acceptors (Lipinski definition) is 4. The van der Waals surface area contributed by atoms with Crippen LogP contribution in [-0.4, -0.2) is 19.5 Å². The lowest BCUT2D eigenvalue weighted by Gasteiger charge is -2.25. The largest absolute Gasteiger partial charge is 0.456 e. The molecule has 5 heteroatoms. The lowest BCUT2D eigenvalue weighted by atomic mass is 9.78. The lowest BCUT2D eigenvalue weighted by Crippen LogP contribution is -2.00. The van der Waals surface area contributed by atoms with Gasteiger partial charge in [-0.3, -0.25) is 0 Å². The van der Waals surface area contributed by atoms with Gasteiger partial charge in [-0.2, -0.15) is 0 Å². The minimum Gasteiger partial charge on any atom is -0.456 e. The number of furan rings is 1. The van der Waals surface area contributed by atoms with E-state index < -0.39 is 0 Å². The number of para-hydroxylation sites is 1. The van der Waals surface area contributed by atoms with Crippen LogP contribution < -0.4 is 0 Å². The first kappa shape index (κ1) is 41.8. The summed E-state index contributed by atoms with van der Waals surface area (Å²) in [5.41, 5.74) is 22.1. The number of fused-ring (bicyclic) bond motifs is 14. The Hall–Kier alpha value is -9.97. The molecule has 15 rings (SSSR count). The van der Waals surface area contributed by atoms with E-state index in [0.717, 1.165) is 72.0 Å². The van der Waals surface area contributed by atoms with Gasteiger partial charge in [-0.15, -0.1) is 0 Å². The minimum atomic E-state index is 0.589. The van der Waals surface area contributed by atoms with Gasteiger partial charge in [0.25, 0.3) is 0 Å². The molecule has 0 unspecified atom stereocenters. The smallest absolute Gasteiger partial charge is 0.164 e. The number of rotatable bonds is 6. The molecule has 11 aromatic carbocycles. The van der Waals surface area contributed by atoms with Gasteiger partial charge in [0.15, 0.2) is 17.5 Å². The molecule has 5 nitrogen and oxygen atoms in total. The third-order valence-corrected chi connectivity index (χ3v) is 14.8.